The van der Waals surface area contributed by atoms with Crippen LogP contribution in [0.2, 0.25) is 0 Å². The van der Waals surface area contributed by atoms with Crippen molar-refractivity contribution in [2.24, 2.45) is 5.41 Å². The van der Waals surface area contributed by atoms with Gasteiger partial charge < -0.3 is 5.32 Å². The first-order valence-electron chi connectivity index (χ1n) is 4.90. The highest BCUT2D eigenvalue weighted by atomic mass is 16.2. The lowest BCUT2D eigenvalue weighted by atomic mass is 9.77. The van der Waals surface area contributed by atoms with E-state index in [-0.39, 0.29) is 17.2 Å². The number of fused-ring (bicyclic) bond motifs is 1. The Kier molecular flexibility index (Phi) is 1.88. The molecular weight excluding hydrogens is 174 g/mol. The van der Waals surface area contributed by atoms with Crippen LogP contribution in [0.3, 0.4) is 0 Å². The highest BCUT2D eigenvalue weighted by Crippen LogP contribution is 2.43. The molecule has 1 aromatic carbocycles. The van der Waals surface area contributed by atoms with Crippen molar-refractivity contribution in [3.63, 3.8) is 0 Å². The first-order valence-corrected chi connectivity index (χ1v) is 4.90. The quantitative estimate of drug-likeness (QED) is 0.668. The molecule has 1 aliphatic heterocycles. The number of rotatable bonds is 0. The molecule has 1 aliphatic rings. The van der Waals surface area contributed by atoms with E-state index in [1.165, 1.54) is 0 Å². The van der Waals surface area contributed by atoms with Crippen molar-refractivity contribution in [2.45, 2.75) is 26.7 Å². The van der Waals surface area contributed by atoms with Gasteiger partial charge >= 0.3 is 0 Å². The Labute approximate surface area is 84.3 Å². The number of benzene rings is 1. The summed E-state index contributed by atoms with van der Waals surface area (Å²) in [6, 6.07) is 7.92. The fourth-order valence-corrected chi connectivity index (χ4v) is 2.07. The third kappa shape index (κ3) is 1.31. The molecule has 0 bridgehead atoms. The molecule has 0 unspecified atom stereocenters. The molecule has 1 amide bonds. The maximum absolute atomic E-state index is 11.8. The molecule has 1 N–H and O–H groups in total. The average molecular weight is 189 g/mol. The molecule has 1 aromatic rings. The summed E-state index contributed by atoms with van der Waals surface area (Å²) in [5, 5.41) is 2.92. The van der Waals surface area contributed by atoms with E-state index in [9.17, 15) is 4.79 Å². The van der Waals surface area contributed by atoms with E-state index in [0.717, 1.165) is 11.3 Å². The van der Waals surface area contributed by atoms with E-state index in [0.29, 0.717) is 0 Å². The summed E-state index contributed by atoms with van der Waals surface area (Å²) in [5.41, 5.74) is 2.08. The Balaban J connectivity index is 2.50. The van der Waals surface area contributed by atoms with E-state index in [4.69, 9.17) is 0 Å². The zero-order valence-electron chi connectivity index (χ0n) is 8.79. The van der Waals surface area contributed by atoms with E-state index >= 15 is 0 Å². The van der Waals surface area contributed by atoms with Crippen LogP contribution in [0.15, 0.2) is 24.3 Å². The minimum Gasteiger partial charge on any atom is -0.325 e. The van der Waals surface area contributed by atoms with Crippen LogP contribution in [0.25, 0.3) is 0 Å². The molecule has 14 heavy (non-hydrogen) atoms. The Bertz CT molecular complexity index is 376. The summed E-state index contributed by atoms with van der Waals surface area (Å²) >= 11 is 0. The third-order valence-electron chi connectivity index (χ3n) is 2.66. The van der Waals surface area contributed by atoms with Crippen LogP contribution in [0.1, 0.15) is 32.3 Å². The molecule has 1 heterocycles. The van der Waals surface area contributed by atoms with Gasteiger partial charge in [0.05, 0.1) is 5.92 Å². The predicted octanol–water partition coefficient (Wildman–Crippen LogP) is 2.77. The number of hydrogen-bond donors (Lipinski definition) is 1. The van der Waals surface area contributed by atoms with Crippen LogP contribution in [0, 0.1) is 5.41 Å². The summed E-state index contributed by atoms with van der Waals surface area (Å²) in [5.74, 6) is 0.109. The Morgan fingerprint density at radius 3 is 2.50 bits per heavy atom. The van der Waals surface area contributed by atoms with Crippen molar-refractivity contribution >= 4 is 11.6 Å². The van der Waals surface area contributed by atoms with Crippen LogP contribution in [-0.2, 0) is 4.79 Å². The van der Waals surface area contributed by atoms with Gasteiger partial charge in [0.15, 0.2) is 0 Å². The molecule has 2 rings (SSSR count). The van der Waals surface area contributed by atoms with E-state index in [1.54, 1.807) is 0 Å². The Morgan fingerprint density at radius 2 is 1.86 bits per heavy atom. The number of carbonyl (C=O) groups excluding carboxylic acids is 1. The zero-order valence-corrected chi connectivity index (χ0v) is 8.79. The summed E-state index contributed by atoms with van der Waals surface area (Å²) in [7, 11) is 0. The molecule has 2 nitrogen and oxygen atoms in total. The molecule has 0 saturated heterocycles. The van der Waals surface area contributed by atoms with Crippen molar-refractivity contribution in [2.75, 3.05) is 5.32 Å². The van der Waals surface area contributed by atoms with Gasteiger partial charge in [-0.3, -0.25) is 4.79 Å². The van der Waals surface area contributed by atoms with Crippen LogP contribution in [0.5, 0.6) is 0 Å². The molecule has 0 spiro atoms. The molecule has 0 aromatic heterocycles. The predicted molar refractivity (Wildman–Crippen MR) is 57.3 cm³/mol. The van der Waals surface area contributed by atoms with Gasteiger partial charge in [-0.05, 0) is 17.0 Å². The van der Waals surface area contributed by atoms with Crippen LogP contribution in [0.4, 0.5) is 5.69 Å². The zero-order chi connectivity index (χ0) is 10.3. The summed E-state index contributed by atoms with van der Waals surface area (Å²) in [4.78, 5) is 11.8. The summed E-state index contributed by atoms with van der Waals surface area (Å²) in [6.07, 6.45) is 0. The van der Waals surface area contributed by atoms with Gasteiger partial charge in [-0.2, -0.15) is 0 Å². The van der Waals surface area contributed by atoms with Crippen molar-refractivity contribution < 1.29 is 4.79 Å². The number of hydrogen-bond acceptors (Lipinski definition) is 1. The minimum absolute atomic E-state index is 0.0151. The standard InChI is InChI=1S/C12H15NO/c1-12(2,3)10-8-6-4-5-7-9(8)13-11(10)14/h4-7,10H,1-3H3,(H,13,14)/t10-/m0/s1. The smallest absolute Gasteiger partial charge is 0.232 e. The Hall–Kier alpha value is -1.31. The average Bonchev–Trinajstić information content (AvgIpc) is 2.38. The molecule has 0 radical (unpaired) electrons. The second kappa shape index (κ2) is 2.84. The molecule has 74 valence electrons. The fraction of sp³-hybridized carbons (Fsp3) is 0.417. The molecule has 0 saturated carbocycles. The first-order chi connectivity index (χ1) is 6.50. The monoisotopic (exact) mass is 189 g/mol. The maximum Gasteiger partial charge on any atom is 0.232 e. The summed E-state index contributed by atoms with van der Waals surface area (Å²) in [6.45, 7) is 6.29. The number of para-hydroxylation sites is 1. The second-order valence-electron chi connectivity index (χ2n) is 4.88. The van der Waals surface area contributed by atoms with Crippen molar-refractivity contribution in [3.8, 4) is 0 Å². The second-order valence-corrected chi connectivity index (χ2v) is 4.88. The van der Waals surface area contributed by atoms with Gasteiger partial charge in [-0.25, -0.2) is 0 Å². The minimum atomic E-state index is -0.0172. The van der Waals surface area contributed by atoms with E-state index in [2.05, 4.69) is 26.1 Å². The summed E-state index contributed by atoms with van der Waals surface area (Å²) < 4.78 is 0. The fourth-order valence-electron chi connectivity index (χ4n) is 2.07. The molecular formula is C12H15NO. The lowest BCUT2D eigenvalue weighted by molar-refractivity contribution is -0.119. The molecule has 2 heteroatoms. The normalized spacial score (nSPS) is 20.5. The molecule has 0 fully saturated rings. The maximum atomic E-state index is 11.8. The van der Waals surface area contributed by atoms with E-state index < -0.39 is 0 Å². The van der Waals surface area contributed by atoms with Gasteiger partial charge in [-0.1, -0.05) is 39.0 Å². The van der Waals surface area contributed by atoms with Gasteiger partial charge in [0.25, 0.3) is 0 Å². The van der Waals surface area contributed by atoms with Crippen molar-refractivity contribution in [3.05, 3.63) is 29.8 Å². The van der Waals surface area contributed by atoms with Crippen LogP contribution in [-0.4, -0.2) is 5.91 Å². The molecule has 1 atom stereocenters. The largest absolute Gasteiger partial charge is 0.325 e. The number of nitrogens with one attached hydrogen (secondary N) is 1. The SMILES string of the molecule is CC(C)(C)[C@@H]1C(=O)Nc2ccccc21. The lowest BCUT2D eigenvalue weighted by Gasteiger charge is -2.25. The Morgan fingerprint density at radius 1 is 1.21 bits per heavy atom. The van der Waals surface area contributed by atoms with Crippen LogP contribution >= 0.6 is 0 Å². The van der Waals surface area contributed by atoms with Crippen molar-refractivity contribution in [1.29, 1.82) is 0 Å². The van der Waals surface area contributed by atoms with Crippen molar-refractivity contribution in [1.82, 2.24) is 0 Å². The van der Waals surface area contributed by atoms with Gasteiger partial charge in [0.2, 0.25) is 5.91 Å². The lowest BCUT2D eigenvalue weighted by Crippen LogP contribution is -2.25. The van der Waals surface area contributed by atoms with Gasteiger partial charge in [0.1, 0.15) is 0 Å². The molecule has 0 aliphatic carbocycles. The first kappa shape index (κ1) is 9.25. The third-order valence-corrected chi connectivity index (χ3v) is 2.66. The van der Waals surface area contributed by atoms with E-state index in [1.807, 2.05) is 24.3 Å². The topological polar surface area (TPSA) is 29.1 Å². The number of amides is 1. The van der Waals surface area contributed by atoms with Crippen LogP contribution < -0.4 is 5.32 Å². The highest BCUT2D eigenvalue weighted by molar-refractivity contribution is 6.03. The number of carbonyl (C=O) groups is 1. The number of anilines is 1. The van der Waals surface area contributed by atoms with Gasteiger partial charge in [-0.15, -0.1) is 0 Å². The van der Waals surface area contributed by atoms with Gasteiger partial charge in [0, 0.05) is 5.69 Å². The highest BCUT2D eigenvalue weighted by Gasteiger charge is 2.38.